The van der Waals surface area contributed by atoms with Crippen LogP contribution in [0.5, 0.6) is 0 Å². The quantitative estimate of drug-likeness (QED) is 0.899. The fraction of sp³-hybridized carbons (Fsp3) is 0.562. The van der Waals surface area contributed by atoms with Gasteiger partial charge in [0.05, 0.1) is 5.75 Å². The van der Waals surface area contributed by atoms with Gasteiger partial charge in [-0.1, -0.05) is 29.8 Å². The lowest BCUT2D eigenvalue weighted by atomic mass is 9.58. The maximum Gasteiger partial charge on any atom is 0.303 e. The summed E-state index contributed by atoms with van der Waals surface area (Å²) in [5, 5.41) is 8.77. The highest BCUT2D eigenvalue weighted by atomic mass is 32.2. The minimum absolute atomic E-state index is 0.0450. The van der Waals surface area contributed by atoms with E-state index < -0.39 is 16.0 Å². The maximum atomic E-state index is 12.4. The number of nitrogens with zero attached hydrogens (tertiary/aromatic N) is 1. The molecule has 0 unspecified atom stereocenters. The van der Waals surface area contributed by atoms with Gasteiger partial charge in [0.25, 0.3) is 0 Å². The van der Waals surface area contributed by atoms with Crippen molar-refractivity contribution < 1.29 is 18.3 Å². The molecule has 5 nitrogen and oxygen atoms in total. The van der Waals surface area contributed by atoms with E-state index in [1.165, 1.54) is 0 Å². The first-order valence-electron chi connectivity index (χ1n) is 7.53. The summed E-state index contributed by atoms with van der Waals surface area (Å²) in [6.45, 7) is 3.06. The molecule has 0 amide bonds. The summed E-state index contributed by atoms with van der Waals surface area (Å²) < 4.78 is 26.4. The lowest BCUT2D eigenvalue weighted by Crippen LogP contribution is -2.63. The van der Waals surface area contributed by atoms with E-state index in [0.717, 1.165) is 24.0 Å². The van der Waals surface area contributed by atoms with Crippen LogP contribution in [0.1, 0.15) is 30.4 Å². The molecule has 3 rings (SSSR count). The van der Waals surface area contributed by atoms with E-state index in [0.29, 0.717) is 13.1 Å². The summed E-state index contributed by atoms with van der Waals surface area (Å²) in [6, 6.07) is 7.57. The number of sulfonamides is 1. The molecule has 1 aliphatic heterocycles. The number of hydrogen-bond donors (Lipinski definition) is 1. The van der Waals surface area contributed by atoms with Crippen molar-refractivity contribution in [1.29, 1.82) is 0 Å². The molecule has 22 heavy (non-hydrogen) atoms. The van der Waals surface area contributed by atoms with Crippen molar-refractivity contribution >= 4 is 16.0 Å². The molecule has 2 fully saturated rings. The smallest absolute Gasteiger partial charge is 0.303 e. The van der Waals surface area contributed by atoms with Crippen LogP contribution in [-0.4, -0.2) is 36.9 Å². The topological polar surface area (TPSA) is 74.7 Å². The lowest BCUT2D eigenvalue weighted by molar-refractivity contribution is -0.142. The van der Waals surface area contributed by atoms with Gasteiger partial charge in [-0.3, -0.25) is 4.79 Å². The van der Waals surface area contributed by atoms with Gasteiger partial charge in [-0.15, -0.1) is 0 Å². The molecule has 1 spiro atoms. The van der Waals surface area contributed by atoms with Crippen molar-refractivity contribution in [1.82, 2.24) is 4.31 Å². The number of benzene rings is 1. The molecule has 1 aromatic carbocycles. The number of rotatable bonds is 5. The second kappa shape index (κ2) is 5.35. The van der Waals surface area contributed by atoms with E-state index in [4.69, 9.17) is 5.11 Å². The molecule has 0 atom stereocenters. The number of aryl methyl sites for hydroxylation is 1. The predicted molar refractivity (Wildman–Crippen MR) is 82.8 cm³/mol. The summed E-state index contributed by atoms with van der Waals surface area (Å²) in [4.78, 5) is 10.7. The molecule has 1 aromatic rings. The SMILES string of the molecule is Cc1cccc(CS(=O)(=O)N2CC3(CC(CC(=O)O)C3)C2)c1. The fourth-order valence-corrected chi connectivity index (χ4v) is 5.54. The minimum atomic E-state index is -3.26. The molecular formula is C16H21NO4S. The van der Waals surface area contributed by atoms with Gasteiger partial charge in [0, 0.05) is 19.5 Å². The van der Waals surface area contributed by atoms with Gasteiger partial charge >= 0.3 is 5.97 Å². The molecule has 0 bridgehead atoms. The number of aliphatic carboxylic acids is 1. The molecular weight excluding hydrogens is 302 g/mol. The number of carbonyl (C=O) groups is 1. The van der Waals surface area contributed by atoms with E-state index >= 15 is 0 Å². The van der Waals surface area contributed by atoms with Gasteiger partial charge in [0.15, 0.2) is 0 Å². The second-order valence-corrected chi connectivity index (χ2v) is 8.85. The van der Waals surface area contributed by atoms with Crippen LogP contribution in [0.15, 0.2) is 24.3 Å². The Bertz CT molecular complexity index is 684. The average molecular weight is 323 g/mol. The number of carboxylic acid groups (broad SMARTS) is 1. The zero-order chi connectivity index (χ0) is 16.0. The number of hydrogen-bond acceptors (Lipinski definition) is 3. The minimum Gasteiger partial charge on any atom is -0.481 e. The van der Waals surface area contributed by atoms with Crippen LogP contribution in [0.4, 0.5) is 0 Å². The van der Waals surface area contributed by atoms with Crippen molar-refractivity contribution in [2.75, 3.05) is 13.1 Å². The average Bonchev–Trinajstić information content (AvgIpc) is 2.29. The Morgan fingerprint density at radius 1 is 1.36 bits per heavy atom. The Hall–Kier alpha value is -1.40. The highest BCUT2D eigenvalue weighted by molar-refractivity contribution is 7.88. The van der Waals surface area contributed by atoms with Gasteiger partial charge in [0.2, 0.25) is 10.0 Å². The molecule has 1 saturated carbocycles. The predicted octanol–water partition coefficient (Wildman–Crippen LogP) is 2.01. The molecule has 1 aliphatic carbocycles. The zero-order valence-electron chi connectivity index (χ0n) is 12.7. The van der Waals surface area contributed by atoms with Gasteiger partial charge in [-0.25, -0.2) is 12.7 Å². The Morgan fingerprint density at radius 3 is 2.64 bits per heavy atom. The maximum absolute atomic E-state index is 12.4. The van der Waals surface area contributed by atoms with Crippen LogP contribution in [0.3, 0.4) is 0 Å². The third kappa shape index (κ3) is 3.03. The first-order valence-corrected chi connectivity index (χ1v) is 9.14. The number of carboxylic acids is 1. The highest BCUT2D eigenvalue weighted by Gasteiger charge is 2.55. The summed E-state index contributed by atoms with van der Waals surface area (Å²) >= 11 is 0. The van der Waals surface area contributed by atoms with Crippen molar-refractivity contribution in [3.63, 3.8) is 0 Å². The molecule has 6 heteroatoms. The first-order chi connectivity index (χ1) is 10.3. The van der Waals surface area contributed by atoms with Crippen LogP contribution in [0, 0.1) is 18.3 Å². The molecule has 120 valence electrons. The Morgan fingerprint density at radius 2 is 2.05 bits per heavy atom. The molecule has 0 radical (unpaired) electrons. The third-order valence-corrected chi connectivity index (χ3v) is 6.50. The molecule has 2 aliphatic rings. The Balaban J connectivity index is 1.55. The van der Waals surface area contributed by atoms with Gasteiger partial charge in [0.1, 0.15) is 0 Å². The van der Waals surface area contributed by atoms with Crippen LogP contribution >= 0.6 is 0 Å². The van der Waals surface area contributed by atoms with Gasteiger partial charge < -0.3 is 5.11 Å². The largest absolute Gasteiger partial charge is 0.481 e. The zero-order valence-corrected chi connectivity index (χ0v) is 13.5. The monoisotopic (exact) mass is 323 g/mol. The van der Waals surface area contributed by atoms with E-state index in [1.54, 1.807) is 4.31 Å². The van der Waals surface area contributed by atoms with E-state index in [2.05, 4.69) is 0 Å². The highest BCUT2D eigenvalue weighted by Crippen LogP contribution is 2.53. The van der Waals surface area contributed by atoms with Crippen molar-refractivity contribution in [2.45, 2.75) is 31.9 Å². The van der Waals surface area contributed by atoms with Gasteiger partial charge in [-0.2, -0.15) is 0 Å². The van der Waals surface area contributed by atoms with E-state index in [1.807, 2.05) is 31.2 Å². The Kier molecular flexibility index (Phi) is 3.77. The molecule has 0 aromatic heterocycles. The van der Waals surface area contributed by atoms with Gasteiger partial charge in [-0.05, 0) is 36.7 Å². The summed E-state index contributed by atoms with van der Waals surface area (Å²) in [7, 11) is -3.26. The molecule has 1 heterocycles. The fourth-order valence-electron chi connectivity index (χ4n) is 3.82. The lowest BCUT2D eigenvalue weighted by Gasteiger charge is -2.58. The van der Waals surface area contributed by atoms with Crippen LogP contribution < -0.4 is 0 Å². The van der Waals surface area contributed by atoms with Crippen molar-refractivity contribution in [2.24, 2.45) is 11.3 Å². The normalized spacial score (nSPS) is 21.3. The Labute approximate surface area is 131 Å². The van der Waals surface area contributed by atoms with Crippen LogP contribution in [0.2, 0.25) is 0 Å². The summed E-state index contributed by atoms with van der Waals surface area (Å²) in [5.74, 6) is -0.495. The van der Waals surface area contributed by atoms with Crippen LogP contribution in [-0.2, 0) is 20.6 Å². The molecule has 1 N–H and O–H groups in total. The first kappa shape index (κ1) is 15.5. The van der Waals surface area contributed by atoms with E-state index in [-0.39, 0.29) is 23.5 Å². The van der Waals surface area contributed by atoms with Crippen molar-refractivity contribution in [3.05, 3.63) is 35.4 Å². The standard InChI is InChI=1S/C16H21NO4S/c1-12-3-2-4-13(5-12)9-22(20,21)17-10-16(11-17)7-14(8-16)6-15(18)19/h2-5,14H,6-11H2,1H3,(H,18,19). The second-order valence-electron chi connectivity index (χ2n) is 6.89. The van der Waals surface area contributed by atoms with E-state index in [9.17, 15) is 13.2 Å². The molecule has 1 saturated heterocycles. The summed E-state index contributed by atoms with van der Waals surface area (Å²) in [5.41, 5.74) is 1.93. The van der Waals surface area contributed by atoms with Crippen molar-refractivity contribution in [3.8, 4) is 0 Å². The van der Waals surface area contributed by atoms with Crippen LogP contribution in [0.25, 0.3) is 0 Å². The third-order valence-electron chi connectivity index (χ3n) is 4.76. The summed E-state index contributed by atoms with van der Waals surface area (Å²) in [6.07, 6.45) is 1.89.